The zero-order chi connectivity index (χ0) is 10.3. The molecule has 2 rings (SSSR count). The van der Waals surface area contributed by atoms with Crippen LogP contribution in [0, 0.1) is 0 Å². The average molecular weight is 233 g/mol. The first kappa shape index (κ1) is 9.35. The van der Waals surface area contributed by atoms with E-state index in [1.807, 2.05) is 0 Å². The van der Waals surface area contributed by atoms with Gasteiger partial charge in [0.25, 0.3) is 0 Å². The van der Waals surface area contributed by atoms with Gasteiger partial charge in [0.1, 0.15) is 11.8 Å². The average Bonchev–Trinajstić information content (AvgIpc) is 2.48. The summed E-state index contributed by atoms with van der Waals surface area (Å²) in [6.07, 6.45) is 2.27. The number of sulfone groups is 1. The quantitative estimate of drug-likeness (QED) is 0.720. The maximum atomic E-state index is 11.1. The van der Waals surface area contributed by atoms with Gasteiger partial charge in [0.2, 0.25) is 15.0 Å². The molecule has 6 nitrogen and oxygen atoms in total. The van der Waals surface area contributed by atoms with E-state index in [4.69, 9.17) is 11.6 Å². The Bertz CT molecular complexity index is 591. The van der Waals surface area contributed by atoms with Crippen LogP contribution >= 0.6 is 11.6 Å². The molecule has 0 unspecified atom stereocenters. The van der Waals surface area contributed by atoms with E-state index in [-0.39, 0.29) is 16.0 Å². The van der Waals surface area contributed by atoms with Gasteiger partial charge in [-0.3, -0.25) is 0 Å². The molecule has 74 valence electrons. The Morgan fingerprint density at radius 3 is 2.71 bits per heavy atom. The van der Waals surface area contributed by atoms with Crippen LogP contribution in [-0.4, -0.2) is 34.6 Å². The summed E-state index contributed by atoms with van der Waals surface area (Å²) >= 11 is 5.70. The van der Waals surface area contributed by atoms with Gasteiger partial charge in [-0.2, -0.15) is 4.98 Å². The molecule has 0 radical (unpaired) electrons. The van der Waals surface area contributed by atoms with Crippen molar-refractivity contribution < 1.29 is 8.42 Å². The maximum Gasteiger partial charge on any atom is 0.227 e. The Kier molecular flexibility index (Phi) is 1.93. The zero-order valence-corrected chi connectivity index (χ0v) is 8.59. The van der Waals surface area contributed by atoms with Gasteiger partial charge in [-0.25, -0.2) is 18.4 Å². The summed E-state index contributed by atoms with van der Waals surface area (Å²) in [4.78, 5) is 13.8. The molecule has 0 bridgehead atoms. The number of imidazole rings is 1. The van der Waals surface area contributed by atoms with E-state index in [9.17, 15) is 8.42 Å². The fourth-order valence-corrected chi connectivity index (χ4v) is 1.67. The molecule has 0 aliphatic rings. The molecule has 2 aromatic heterocycles. The SMILES string of the molecule is CS(=O)(=O)c1nc2ncnc(Cl)c2[nH]1. The van der Waals surface area contributed by atoms with Crippen LogP contribution < -0.4 is 0 Å². The first-order chi connectivity index (χ1) is 6.48. The van der Waals surface area contributed by atoms with Crippen molar-refractivity contribution >= 4 is 32.6 Å². The van der Waals surface area contributed by atoms with Crippen molar-refractivity contribution in [2.75, 3.05) is 6.26 Å². The highest BCUT2D eigenvalue weighted by atomic mass is 35.5. The standard InChI is InChI=1S/C6H5ClN4O2S/c1-14(12,13)6-10-3-4(7)8-2-9-5(3)11-6/h2H,1H3,(H,8,9,10,11). The van der Waals surface area contributed by atoms with Gasteiger partial charge >= 0.3 is 0 Å². The summed E-state index contributed by atoms with van der Waals surface area (Å²) < 4.78 is 22.3. The van der Waals surface area contributed by atoms with Gasteiger partial charge in [0.05, 0.1) is 0 Å². The molecule has 0 spiro atoms. The lowest BCUT2D eigenvalue weighted by Gasteiger charge is -1.88. The van der Waals surface area contributed by atoms with Crippen LogP contribution in [-0.2, 0) is 9.84 Å². The molecule has 0 aromatic carbocycles. The van der Waals surface area contributed by atoms with Crippen molar-refractivity contribution in [1.82, 2.24) is 19.9 Å². The van der Waals surface area contributed by atoms with Gasteiger partial charge in [-0.1, -0.05) is 11.6 Å². The lowest BCUT2D eigenvalue weighted by Crippen LogP contribution is -1.98. The maximum absolute atomic E-state index is 11.1. The van der Waals surface area contributed by atoms with Gasteiger partial charge < -0.3 is 4.98 Å². The number of aromatic nitrogens is 4. The highest BCUT2D eigenvalue weighted by molar-refractivity contribution is 7.90. The summed E-state index contributed by atoms with van der Waals surface area (Å²) in [6, 6.07) is 0. The Labute approximate surface area is 84.3 Å². The van der Waals surface area contributed by atoms with Crippen LogP contribution in [0.4, 0.5) is 0 Å². The fraction of sp³-hybridized carbons (Fsp3) is 0.167. The van der Waals surface area contributed by atoms with Crippen molar-refractivity contribution in [1.29, 1.82) is 0 Å². The molecule has 0 saturated carbocycles. The van der Waals surface area contributed by atoms with Crippen LogP contribution in [0.1, 0.15) is 0 Å². The molecule has 0 saturated heterocycles. The summed E-state index contributed by atoms with van der Waals surface area (Å²) in [5.41, 5.74) is 0.569. The molecule has 0 aliphatic heterocycles. The third-order valence-corrected chi connectivity index (χ3v) is 2.75. The van der Waals surface area contributed by atoms with E-state index < -0.39 is 9.84 Å². The van der Waals surface area contributed by atoms with Crippen LogP contribution in [0.25, 0.3) is 11.2 Å². The van der Waals surface area contributed by atoms with Gasteiger partial charge in [0.15, 0.2) is 10.8 Å². The minimum absolute atomic E-state index is 0.150. The van der Waals surface area contributed by atoms with Crippen LogP contribution in [0.3, 0.4) is 0 Å². The van der Waals surface area contributed by atoms with E-state index >= 15 is 0 Å². The third kappa shape index (κ3) is 1.44. The molecule has 0 amide bonds. The fourth-order valence-electron chi connectivity index (χ4n) is 0.955. The van der Waals surface area contributed by atoms with Gasteiger partial charge in [-0.15, -0.1) is 0 Å². The topological polar surface area (TPSA) is 88.6 Å². The molecule has 1 N–H and O–H groups in total. The first-order valence-corrected chi connectivity index (χ1v) is 5.81. The number of hydrogen-bond donors (Lipinski definition) is 1. The second kappa shape index (κ2) is 2.89. The smallest absolute Gasteiger partial charge is 0.227 e. The zero-order valence-electron chi connectivity index (χ0n) is 7.02. The second-order valence-corrected chi connectivity index (χ2v) is 4.97. The number of rotatable bonds is 1. The predicted molar refractivity (Wildman–Crippen MR) is 49.8 cm³/mol. The molecule has 0 fully saturated rings. The highest BCUT2D eigenvalue weighted by Gasteiger charge is 2.15. The van der Waals surface area contributed by atoms with E-state index in [1.165, 1.54) is 6.33 Å². The first-order valence-electron chi connectivity index (χ1n) is 3.55. The van der Waals surface area contributed by atoms with Gasteiger partial charge in [0, 0.05) is 6.26 Å². The normalized spacial score (nSPS) is 12.1. The molecule has 2 aromatic rings. The molecular weight excluding hydrogens is 228 g/mol. The molecule has 14 heavy (non-hydrogen) atoms. The van der Waals surface area contributed by atoms with Crippen LogP contribution in [0.2, 0.25) is 5.15 Å². The predicted octanol–water partition coefficient (Wildman–Crippen LogP) is 0.410. The van der Waals surface area contributed by atoms with Crippen molar-refractivity contribution in [2.24, 2.45) is 0 Å². The summed E-state index contributed by atoms with van der Waals surface area (Å²) in [5.74, 6) is 0. The number of halogens is 1. The number of hydrogen-bond acceptors (Lipinski definition) is 5. The van der Waals surface area contributed by atoms with E-state index in [2.05, 4.69) is 19.9 Å². The van der Waals surface area contributed by atoms with Crippen LogP contribution in [0.15, 0.2) is 11.5 Å². The summed E-state index contributed by atoms with van der Waals surface area (Å²) in [7, 11) is -3.37. The number of nitrogens with one attached hydrogen (secondary N) is 1. The highest BCUT2D eigenvalue weighted by Crippen LogP contribution is 2.17. The number of fused-ring (bicyclic) bond motifs is 1. The van der Waals surface area contributed by atoms with Gasteiger partial charge in [-0.05, 0) is 0 Å². The molecular formula is C6H5ClN4O2S. The largest absolute Gasteiger partial charge is 0.325 e. The molecule has 0 aliphatic carbocycles. The Hall–Kier alpha value is -1.21. The minimum atomic E-state index is -3.37. The Morgan fingerprint density at radius 1 is 1.43 bits per heavy atom. The molecule has 0 atom stereocenters. The van der Waals surface area contributed by atoms with Crippen molar-refractivity contribution in [3.63, 3.8) is 0 Å². The summed E-state index contributed by atoms with van der Waals surface area (Å²) in [5, 5.41) is -0.00713. The third-order valence-electron chi connectivity index (χ3n) is 1.57. The number of nitrogens with zero attached hydrogens (tertiary/aromatic N) is 3. The Balaban J connectivity index is 2.81. The Morgan fingerprint density at radius 2 is 2.14 bits per heavy atom. The summed E-state index contributed by atoms with van der Waals surface area (Å²) in [6.45, 7) is 0. The van der Waals surface area contributed by atoms with E-state index in [0.29, 0.717) is 5.52 Å². The van der Waals surface area contributed by atoms with Crippen LogP contribution in [0.5, 0.6) is 0 Å². The lowest BCUT2D eigenvalue weighted by atomic mass is 10.6. The monoisotopic (exact) mass is 232 g/mol. The van der Waals surface area contributed by atoms with Crippen molar-refractivity contribution in [3.05, 3.63) is 11.5 Å². The number of aromatic amines is 1. The lowest BCUT2D eigenvalue weighted by molar-refractivity contribution is 0.595. The van der Waals surface area contributed by atoms with E-state index in [1.54, 1.807) is 0 Å². The molecule has 2 heterocycles. The minimum Gasteiger partial charge on any atom is -0.325 e. The molecule has 8 heteroatoms. The van der Waals surface area contributed by atoms with E-state index in [0.717, 1.165) is 6.26 Å². The second-order valence-electron chi connectivity index (χ2n) is 2.68. The van der Waals surface area contributed by atoms with Crippen molar-refractivity contribution in [3.8, 4) is 0 Å². The number of H-pyrrole nitrogens is 1. The van der Waals surface area contributed by atoms with Crippen molar-refractivity contribution in [2.45, 2.75) is 5.16 Å².